The fraction of sp³-hybridized carbons (Fsp3) is 0.111. The van der Waals surface area contributed by atoms with E-state index in [0.717, 1.165) is 27.8 Å². The van der Waals surface area contributed by atoms with Crippen LogP contribution in [0.15, 0.2) is 97.1 Å². The van der Waals surface area contributed by atoms with Crippen LogP contribution in [0.2, 0.25) is 0 Å². The first-order chi connectivity index (χ1) is 14.4. The molecule has 4 rings (SSSR count). The molecule has 0 fully saturated rings. The highest BCUT2D eigenvalue weighted by Crippen LogP contribution is 2.34. The van der Waals surface area contributed by atoms with Gasteiger partial charge in [-0.15, -0.1) is 0 Å². The zero-order chi connectivity index (χ0) is 21.1. The molecule has 3 heteroatoms. The van der Waals surface area contributed by atoms with Crippen molar-refractivity contribution in [3.05, 3.63) is 114 Å². The van der Waals surface area contributed by atoms with Crippen LogP contribution in [0.4, 0.5) is 8.78 Å². The Labute approximate surface area is 175 Å². The topological polar surface area (TPSA) is 9.23 Å². The summed E-state index contributed by atoms with van der Waals surface area (Å²) in [7, 11) is 0. The van der Waals surface area contributed by atoms with E-state index in [9.17, 15) is 8.78 Å². The Hall–Kier alpha value is -3.46. The van der Waals surface area contributed by atoms with Gasteiger partial charge >= 0.3 is 6.11 Å². The third-order valence-electron chi connectivity index (χ3n) is 5.09. The van der Waals surface area contributed by atoms with E-state index < -0.39 is 6.11 Å². The number of hydrogen-bond donors (Lipinski definition) is 0. The maximum absolute atomic E-state index is 14.7. The van der Waals surface area contributed by atoms with E-state index in [2.05, 4.69) is 0 Å². The van der Waals surface area contributed by atoms with Gasteiger partial charge in [0.2, 0.25) is 0 Å². The highest BCUT2D eigenvalue weighted by molar-refractivity contribution is 5.65. The molecule has 0 saturated heterocycles. The zero-order valence-corrected chi connectivity index (χ0v) is 16.9. The van der Waals surface area contributed by atoms with Gasteiger partial charge in [0.25, 0.3) is 0 Å². The molecule has 4 aromatic carbocycles. The van der Waals surface area contributed by atoms with Crippen molar-refractivity contribution in [2.75, 3.05) is 0 Å². The third kappa shape index (κ3) is 4.41. The molecule has 0 aliphatic rings. The van der Waals surface area contributed by atoms with E-state index in [1.165, 1.54) is 17.7 Å². The number of alkyl halides is 2. The summed E-state index contributed by atoms with van der Waals surface area (Å²) in [6, 6.07) is 29.0. The van der Waals surface area contributed by atoms with E-state index >= 15 is 0 Å². The van der Waals surface area contributed by atoms with Crippen molar-refractivity contribution in [3.8, 4) is 28.0 Å². The quantitative estimate of drug-likeness (QED) is 0.332. The Morgan fingerprint density at radius 1 is 0.500 bits per heavy atom. The van der Waals surface area contributed by atoms with Crippen LogP contribution in [0.1, 0.15) is 16.7 Å². The molecule has 0 bridgehead atoms. The van der Waals surface area contributed by atoms with E-state index in [0.29, 0.717) is 0 Å². The average molecular weight is 400 g/mol. The van der Waals surface area contributed by atoms with Crippen LogP contribution in [0, 0.1) is 13.8 Å². The molecule has 0 heterocycles. The minimum Gasteiger partial charge on any atom is -0.429 e. The van der Waals surface area contributed by atoms with Crippen LogP contribution in [-0.4, -0.2) is 0 Å². The van der Waals surface area contributed by atoms with Crippen molar-refractivity contribution in [2.45, 2.75) is 20.0 Å². The molecule has 0 N–H and O–H groups in total. The van der Waals surface area contributed by atoms with E-state index in [-0.39, 0.29) is 11.3 Å². The van der Waals surface area contributed by atoms with Crippen LogP contribution >= 0.6 is 0 Å². The number of hydrogen-bond acceptors (Lipinski definition) is 1. The van der Waals surface area contributed by atoms with Gasteiger partial charge in [-0.1, -0.05) is 83.9 Å². The van der Waals surface area contributed by atoms with Crippen molar-refractivity contribution in [1.29, 1.82) is 0 Å². The first-order valence-electron chi connectivity index (χ1n) is 9.82. The van der Waals surface area contributed by atoms with Crippen molar-refractivity contribution < 1.29 is 13.5 Å². The lowest BCUT2D eigenvalue weighted by atomic mass is 10.0. The summed E-state index contributed by atoms with van der Waals surface area (Å²) in [4.78, 5) is 0. The van der Waals surface area contributed by atoms with Gasteiger partial charge in [0, 0.05) is 0 Å². The van der Waals surface area contributed by atoms with Gasteiger partial charge in [-0.05, 0) is 60.4 Å². The SMILES string of the molecule is Cc1ccc(-c2ccc(OC(F)(F)c3ccc(-c4ccc(C)cc4)cc3)cc2)cc1. The number of ether oxygens (including phenoxy) is 1. The molecule has 0 aromatic heterocycles. The van der Waals surface area contributed by atoms with Crippen LogP contribution < -0.4 is 4.74 Å². The Morgan fingerprint density at radius 3 is 1.23 bits per heavy atom. The molecule has 0 aliphatic heterocycles. The molecule has 0 spiro atoms. The second-order valence-corrected chi connectivity index (χ2v) is 7.45. The average Bonchev–Trinajstić information content (AvgIpc) is 2.75. The lowest BCUT2D eigenvalue weighted by molar-refractivity contribution is -0.185. The highest BCUT2D eigenvalue weighted by Gasteiger charge is 2.34. The Balaban J connectivity index is 1.49. The van der Waals surface area contributed by atoms with Gasteiger partial charge in [0.15, 0.2) is 0 Å². The third-order valence-corrected chi connectivity index (χ3v) is 5.09. The molecule has 0 aliphatic carbocycles. The van der Waals surface area contributed by atoms with E-state index in [1.54, 1.807) is 36.4 Å². The monoisotopic (exact) mass is 400 g/mol. The predicted octanol–water partition coefficient (Wildman–Crippen LogP) is 7.77. The summed E-state index contributed by atoms with van der Waals surface area (Å²) in [6.07, 6.45) is -3.42. The first-order valence-corrected chi connectivity index (χ1v) is 9.82. The fourth-order valence-corrected chi connectivity index (χ4v) is 3.27. The molecule has 150 valence electrons. The molecule has 0 amide bonds. The largest absolute Gasteiger partial charge is 0.429 e. The highest BCUT2D eigenvalue weighted by atomic mass is 19.3. The Morgan fingerprint density at radius 2 is 0.833 bits per heavy atom. The van der Waals surface area contributed by atoms with Gasteiger partial charge in [-0.2, -0.15) is 8.78 Å². The van der Waals surface area contributed by atoms with Crippen molar-refractivity contribution >= 4 is 0 Å². The normalized spacial score (nSPS) is 11.3. The summed E-state index contributed by atoms with van der Waals surface area (Å²) in [5.41, 5.74) is 6.01. The van der Waals surface area contributed by atoms with E-state index in [4.69, 9.17) is 4.74 Å². The molecular weight excluding hydrogens is 378 g/mol. The summed E-state index contributed by atoms with van der Waals surface area (Å²) in [5, 5.41) is 0. The minimum absolute atomic E-state index is 0.124. The second-order valence-electron chi connectivity index (χ2n) is 7.45. The lowest BCUT2D eigenvalue weighted by Crippen LogP contribution is -2.21. The standard InChI is InChI=1S/C27H22F2O/c1-19-3-7-21(8-4-19)23-11-15-25(16-12-23)27(28,29)30-26-17-13-24(14-18-26)22-9-5-20(2)6-10-22/h3-18H,1-2H3. The van der Waals surface area contributed by atoms with Gasteiger partial charge in [0.1, 0.15) is 5.75 Å². The maximum Gasteiger partial charge on any atom is 0.426 e. The summed E-state index contributed by atoms with van der Waals surface area (Å²) < 4.78 is 34.4. The number of halogens is 2. The molecule has 1 nitrogen and oxygen atoms in total. The maximum atomic E-state index is 14.7. The van der Waals surface area contributed by atoms with Crippen LogP contribution in [0.3, 0.4) is 0 Å². The minimum atomic E-state index is -3.42. The van der Waals surface area contributed by atoms with E-state index in [1.807, 2.05) is 62.4 Å². The van der Waals surface area contributed by atoms with Crippen LogP contribution in [0.5, 0.6) is 5.75 Å². The summed E-state index contributed by atoms with van der Waals surface area (Å²) in [5.74, 6) is 0.124. The molecule has 30 heavy (non-hydrogen) atoms. The van der Waals surface area contributed by atoms with Crippen molar-refractivity contribution in [1.82, 2.24) is 0 Å². The smallest absolute Gasteiger partial charge is 0.426 e. The lowest BCUT2D eigenvalue weighted by Gasteiger charge is -2.19. The van der Waals surface area contributed by atoms with Gasteiger partial charge in [-0.25, -0.2) is 0 Å². The number of benzene rings is 4. The predicted molar refractivity (Wildman–Crippen MR) is 118 cm³/mol. The Bertz CT molecular complexity index is 1110. The molecule has 0 radical (unpaired) electrons. The summed E-state index contributed by atoms with van der Waals surface area (Å²) in [6.45, 7) is 4.04. The Kier molecular flexibility index (Phi) is 5.37. The van der Waals surface area contributed by atoms with Gasteiger partial charge in [0.05, 0.1) is 5.56 Å². The fourth-order valence-electron chi connectivity index (χ4n) is 3.27. The van der Waals surface area contributed by atoms with Gasteiger partial charge < -0.3 is 4.74 Å². The zero-order valence-electron chi connectivity index (χ0n) is 16.9. The van der Waals surface area contributed by atoms with Crippen molar-refractivity contribution in [3.63, 3.8) is 0 Å². The van der Waals surface area contributed by atoms with Crippen LogP contribution in [-0.2, 0) is 6.11 Å². The van der Waals surface area contributed by atoms with Crippen LogP contribution in [0.25, 0.3) is 22.3 Å². The van der Waals surface area contributed by atoms with Gasteiger partial charge in [-0.3, -0.25) is 0 Å². The first kappa shape index (κ1) is 19.8. The number of aryl methyl sites for hydroxylation is 2. The molecule has 0 unspecified atom stereocenters. The second kappa shape index (κ2) is 8.11. The molecule has 0 atom stereocenters. The van der Waals surface area contributed by atoms with Crippen molar-refractivity contribution in [2.24, 2.45) is 0 Å². The molecule has 0 saturated carbocycles. The number of rotatable bonds is 5. The molecular formula is C27H22F2O. The molecule has 4 aromatic rings. The summed E-state index contributed by atoms with van der Waals surface area (Å²) >= 11 is 0.